The summed E-state index contributed by atoms with van der Waals surface area (Å²) in [5.74, 6) is 6.48. The predicted octanol–water partition coefficient (Wildman–Crippen LogP) is -0.462. The average molecular weight is 227 g/mol. The van der Waals surface area contributed by atoms with Gasteiger partial charge in [0.05, 0.1) is 12.3 Å². The summed E-state index contributed by atoms with van der Waals surface area (Å²) < 4.78 is 9.89. The number of hydrazine groups is 1. The SMILES string of the molecule is COCCNC(=NCc1cc(C)no1)NN. The molecule has 1 aromatic heterocycles. The molecule has 0 saturated carbocycles. The summed E-state index contributed by atoms with van der Waals surface area (Å²) in [5, 5.41) is 6.73. The van der Waals surface area contributed by atoms with E-state index in [0.29, 0.717) is 31.4 Å². The highest BCUT2D eigenvalue weighted by Crippen LogP contribution is 2.02. The lowest BCUT2D eigenvalue weighted by molar-refractivity contribution is 0.203. The van der Waals surface area contributed by atoms with Crippen LogP contribution in [0, 0.1) is 6.92 Å². The van der Waals surface area contributed by atoms with Gasteiger partial charge in [-0.1, -0.05) is 5.16 Å². The molecule has 1 rings (SSSR count). The first-order valence-electron chi connectivity index (χ1n) is 4.92. The van der Waals surface area contributed by atoms with Crippen LogP contribution in [0.15, 0.2) is 15.6 Å². The Hall–Kier alpha value is -1.60. The molecule has 0 fully saturated rings. The maximum atomic E-state index is 5.29. The highest BCUT2D eigenvalue weighted by Gasteiger charge is 2.00. The zero-order chi connectivity index (χ0) is 11.8. The van der Waals surface area contributed by atoms with E-state index in [0.717, 1.165) is 5.69 Å². The zero-order valence-electron chi connectivity index (χ0n) is 9.49. The molecular formula is C9H17N5O2. The van der Waals surface area contributed by atoms with Gasteiger partial charge in [0.15, 0.2) is 5.76 Å². The summed E-state index contributed by atoms with van der Waals surface area (Å²) in [6.45, 7) is 3.47. The third-order valence-electron chi connectivity index (χ3n) is 1.81. The molecule has 0 atom stereocenters. The molecule has 90 valence electrons. The van der Waals surface area contributed by atoms with Gasteiger partial charge in [0.2, 0.25) is 5.96 Å². The van der Waals surface area contributed by atoms with E-state index < -0.39 is 0 Å². The van der Waals surface area contributed by atoms with Gasteiger partial charge in [-0.05, 0) is 6.92 Å². The van der Waals surface area contributed by atoms with Crippen molar-refractivity contribution in [3.05, 3.63) is 17.5 Å². The molecule has 0 radical (unpaired) electrons. The largest absolute Gasteiger partial charge is 0.383 e. The number of nitrogens with two attached hydrogens (primary N) is 1. The van der Waals surface area contributed by atoms with Gasteiger partial charge in [0.25, 0.3) is 0 Å². The van der Waals surface area contributed by atoms with Crippen molar-refractivity contribution in [1.29, 1.82) is 0 Å². The van der Waals surface area contributed by atoms with Crippen molar-refractivity contribution >= 4 is 5.96 Å². The van der Waals surface area contributed by atoms with Crippen LogP contribution in [-0.2, 0) is 11.3 Å². The molecule has 0 aliphatic heterocycles. The fraction of sp³-hybridized carbons (Fsp3) is 0.556. The maximum absolute atomic E-state index is 5.29. The number of nitrogens with zero attached hydrogens (tertiary/aromatic N) is 2. The Morgan fingerprint density at radius 2 is 2.50 bits per heavy atom. The van der Waals surface area contributed by atoms with E-state index >= 15 is 0 Å². The molecule has 0 aliphatic carbocycles. The van der Waals surface area contributed by atoms with Crippen molar-refractivity contribution in [3.8, 4) is 0 Å². The van der Waals surface area contributed by atoms with Gasteiger partial charge in [-0.25, -0.2) is 10.8 Å². The van der Waals surface area contributed by atoms with Crippen LogP contribution in [0.3, 0.4) is 0 Å². The summed E-state index contributed by atoms with van der Waals surface area (Å²) in [7, 11) is 1.63. The third kappa shape index (κ3) is 4.28. The van der Waals surface area contributed by atoms with E-state index in [1.54, 1.807) is 7.11 Å². The van der Waals surface area contributed by atoms with Crippen LogP contribution in [0.4, 0.5) is 0 Å². The van der Waals surface area contributed by atoms with Crippen molar-refractivity contribution in [2.45, 2.75) is 13.5 Å². The van der Waals surface area contributed by atoms with Crippen molar-refractivity contribution in [2.75, 3.05) is 20.3 Å². The lowest BCUT2D eigenvalue weighted by Gasteiger charge is -2.07. The Morgan fingerprint density at radius 3 is 3.06 bits per heavy atom. The number of aromatic nitrogens is 1. The zero-order valence-corrected chi connectivity index (χ0v) is 9.49. The summed E-state index contributed by atoms with van der Waals surface area (Å²) in [4.78, 5) is 4.18. The number of nitrogens with one attached hydrogen (secondary N) is 2. The van der Waals surface area contributed by atoms with Crippen LogP contribution in [0.5, 0.6) is 0 Å². The Kier molecular flexibility index (Phi) is 5.30. The highest BCUT2D eigenvalue weighted by molar-refractivity contribution is 5.79. The van der Waals surface area contributed by atoms with Gasteiger partial charge >= 0.3 is 0 Å². The average Bonchev–Trinajstić information content (AvgIpc) is 2.69. The summed E-state index contributed by atoms with van der Waals surface area (Å²) >= 11 is 0. The van der Waals surface area contributed by atoms with Gasteiger partial charge in [0, 0.05) is 19.7 Å². The molecule has 4 N–H and O–H groups in total. The number of ether oxygens (including phenoxy) is 1. The molecule has 0 aromatic carbocycles. The lowest BCUT2D eigenvalue weighted by Crippen LogP contribution is -2.42. The molecule has 0 saturated heterocycles. The van der Waals surface area contributed by atoms with Gasteiger partial charge < -0.3 is 14.6 Å². The van der Waals surface area contributed by atoms with E-state index in [2.05, 4.69) is 20.9 Å². The number of hydrogen-bond donors (Lipinski definition) is 3. The van der Waals surface area contributed by atoms with E-state index in [1.165, 1.54) is 0 Å². The Morgan fingerprint density at radius 1 is 1.69 bits per heavy atom. The molecule has 1 heterocycles. The fourth-order valence-electron chi connectivity index (χ4n) is 1.07. The molecule has 0 aliphatic rings. The van der Waals surface area contributed by atoms with Gasteiger partial charge in [-0.15, -0.1) is 0 Å². The second kappa shape index (κ2) is 6.81. The smallest absolute Gasteiger partial charge is 0.206 e. The van der Waals surface area contributed by atoms with Crippen molar-refractivity contribution in [2.24, 2.45) is 10.8 Å². The van der Waals surface area contributed by atoms with E-state index in [-0.39, 0.29) is 0 Å². The monoisotopic (exact) mass is 227 g/mol. The number of hydrogen-bond acceptors (Lipinski definition) is 5. The van der Waals surface area contributed by atoms with Gasteiger partial charge in [-0.2, -0.15) is 0 Å². The second-order valence-electron chi connectivity index (χ2n) is 3.16. The summed E-state index contributed by atoms with van der Waals surface area (Å²) in [6, 6.07) is 1.83. The molecular weight excluding hydrogens is 210 g/mol. The molecule has 0 bridgehead atoms. The minimum absolute atomic E-state index is 0.389. The summed E-state index contributed by atoms with van der Waals surface area (Å²) in [6.07, 6.45) is 0. The third-order valence-corrected chi connectivity index (χ3v) is 1.81. The molecule has 1 aromatic rings. The minimum atomic E-state index is 0.389. The molecule has 7 heteroatoms. The topological polar surface area (TPSA) is 97.7 Å². The Labute approximate surface area is 94.0 Å². The van der Waals surface area contributed by atoms with E-state index in [4.69, 9.17) is 15.1 Å². The van der Waals surface area contributed by atoms with Gasteiger partial charge in [-0.3, -0.25) is 5.43 Å². The quantitative estimate of drug-likeness (QED) is 0.207. The first-order valence-corrected chi connectivity index (χ1v) is 4.92. The highest BCUT2D eigenvalue weighted by atomic mass is 16.5. The van der Waals surface area contributed by atoms with Crippen molar-refractivity contribution in [3.63, 3.8) is 0 Å². The van der Waals surface area contributed by atoms with Crippen LogP contribution < -0.4 is 16.6 Å². The van der Waals surface area contributed by atoms with Gasteiger partial charge in [0.1, 0.15) is 6.54 Å². The molecule has 0 spiro atoms. The normalized spacial score (nSPS) is 11.6. The molecule has 7 nitrogen and oxygen atoms in total. The number of aliphatic imine (C=N–C) groups is 1. The van der Waals surface area contributed by atoms with E-state index in [9.17, 15) is 0 Å². The molecule has 16 heavy (non-hydrogen) atoms. The van der Waals surface area contributed by atoms with Crippen molar-refractivity contribution in [1.82, 2.24) is 15.9 Å². The van der Waals surface area contributed by atoms with Crippen molar-refractivity contribution < 1.29 is 9.26 Å². The number of guanidine groups is 1. The fourth-order valence-corrected chi connectivity index (χ4v) is 1.07. The molecule has 0 unspecified atom stereocenters. The minimum Gasteiger partial charge on any atom is -0.383 e. The van der Waals surface area contributed by atoms with Crippen LogP contribution in [0.1, 0.15) is 11.5 Å². The second-order valence-corrected chi connectivity index (χ2v) is 3.16. The van der Waals surface area contributed by atoms with E-state index in [1.807, 2.05) is 13.0 Å². The lowest BCUT2D eigenvalue weighted by atomic mass is 10.4. The number of rotatable bonds is 5. The van der Waals surface area contributed by atoms with Crippen LogP contribution in [0.25, 0.3) is 0 Å². The Balaban J connectivity index is 2.40. The number of methoxy groups -OCH3 is 1. The maximum Gasteiger partial charge on any atom is 0.206 e. The first kappa shape index (κ1) is 12.5. The summed E-state index contributed by atoms with van der Waals surface area (Å²) in [5.41, 5.74) is 3.29. The predicted molar refractivity (Wildman–Crippen MR) is 59.6 cm³/mol. The Bertz CT molecular complexity index is 336. The first-order chi connectivity index (χ1) is 7.76. The molecule has 0 amide bonds. The number of aryl methyl sites for hydroxylation is 1. The standard InChI is InChI=1S/C9H17N5O2/c1-7-5-8(16-14-7)6-12-9(13-10)11-3-4-15-2/h5H,3-4,6,10H2,1-2H3,(H2,11,12,13). The van der Waals surface area contributed by atoms with Crippen LogP contribution >= 0.6 is 0 Å². The van der Waals surface area contributed by atoms with Crippen LogP contribution in [-0.4, -0.2) is 31.4 Å². The van der Waals surface area contributed by atoms with Crippen LogP contribution in [0.2, 0.25) is 0 Å².